The van der Waals surface area contributed by atoms with Crippen molar-refractivity contribution in [2.24, 2.45) is 0 Å². The minimum absolute atomic E-state index is 0. The maximum atomic E-state index is 6.30. The predicted octanol–water partition coefficient (Wildman–Crippen LogP) is 8.21. The summed E-state index contributed by atoms with van der Waals surface area (Å²) in [5.74, 6) is 0.664. The normalized spacial score (nSPS) is 13.6. The van der Waals surface area contributed by atoms with E-state index in [1.165, 1.54) is 20.3 Å². The van der Waals surface area contributed by atoms with Crippen molar-refractivity contribution in [2.45, 2.75) is 26.2 Å². The van der Waals surface area contributed by atoms with Crippen LogP contribution in [0.5, 0.6) is 10.8 Å². The molecule has 1 aliphatic rings. The first kappa shape index (κ1) is 25.0. The number of hydrogen-bond acceptors (Lipinski definition) is 6. The van der Waals surface area contributed by atoms with Crippen molar-refractivity contribution >= 4 is 48.5 Å². The predicted molar refractivity (Wildman–Crippen MR) is 147 cm³/mol. The van der Waals surface area contributed by atoms with E-state index in [0.29, 0.717) is 5.75 Å². The van der Waals surface area contributed by atoms with E-state index >= 15 is 0 Å². The van der Waals surface area contributed by atoms with Gasteiger partial charge in [-0.2, -0.15) is 29.5 Å². The van der Waals surface area contributed by atoms with Gasteiger partial charge in [0, 0.05) is 43.4 Å². The summed E-state index contributed by atoms with van der Waals surface area (Å²) >= 11 is 3.37. The Hall–Kier alpha value is -2.66. The van der Waals surface area contributed by atoms with Crippen LogP contribution in [0.3, 0.4) is 0 Å². The number of benzene rings is 2. The van der Waals surface area contributed by atoms with Crippen molar-refractivity contribution < 1.29 is 25.8 Å². The largest absolute Gasteiger partial charge is 0.510 e. The number of ether oxygens (including phenoxy) is 1. The standard InChI is InChI=1S/C29H24N3OS2.Pt/c1-29(2,3)19-8-10-30-25(14-19)23-16-26-22(9-13-34-26)28-24(23)17-27(35-28)33-21-7-5-6-20(15-21)32-12-11-31(4)18-32;/h5-14,16,18H,1-4H3;/q-3;. The molecule has 1 aliphatic heterocycles. The number of nitrogens with zero attached hydrogens (tertiary/aromatic N) is 3. The summed E-state index contributed by atoms with van der Waals surface area (Å²) in [4.78, 5) is 8.76. The Bertz CT molecular complexity index is 1580. The zero-order chi connectivity index (χ0) is 24.2. The first-order valence-corrected chi connectivity index (χ1v) is 13.1. The third kappa shape index (κ3) is 4.70. The molecule has 0 bridgehead atoms. The summed E-state index contributed by atoms with van der Waals surface area (Å²) in [5, 5.41) is 5.14. The number of aromatic nitrogens is 1. The van der Waals surface area contributed by atoms with Gasteiger partial charge >= 0.3 is 0 Å². The van der Waals surface area contributed by atoms with Crippen molar-refractivity contribution in [3.63, 3.8) is 0 Å². The van der Waals surface area contributed by atoms with E-state index in [-0.39, 0.29) is 26.5 Å². The van der Waals surface area contributed by atoms with Crippen molar-refractivity contribution in [3.8, 4) is 22.1 Å². The van der Waals surface area contributed by atoms with Crippen molar-refractivity contribution in [2.75, 3.05) is 11.9 Å². The molecule has 4 nitrogen and oxygen atoms in total. The molecule has 0 N–H and O–H groups in total. The van der Waals surface area contributed by atoms with Crippen LogP contribution in [-0.4, -0.2) is 16.9 Å². The quantitative estimate of drug-likeness (QED) is 0.178. The monoisotopic (exact) mass is 689 g/mol. The molecule has 2 aromatic carbocycles. The molecule has 0 atom stereocenters. The summed E-state index contributed by atoms with van der Waals surface area (Å²) in [6.45, 7) is 8.68. The third-order valence-corrected chi connectivity index (χ3v) is 7.90. The van der Waals surface area contributed by atoms with Crippen LogP contribution >= 0.6 is 22.7 Å². The number of anilines is 1. The average Bonchev–Trinajstić information content (AvgIpc) is 3.57. The van der Waals surface area contributed by atoms with Gasteiger partial charge in [0.05, 0.1) is 0 Å². The van der Waals surface area contributed by atoms with Gasteiger partial charge < -0.3 is 14.5 Å². The van der Waals surface area contributed by atoms with E-state index in [2.05, 4.69) is 62.5 Å². The fourth-order valence-corrected chi connectivity index (χ4v) is 6.08. The van der Waals surface area contributed by atoms with Crippen molar-refractivity contribution in [3.05, 3.63) is 90.8 Å². The smallest absolute Gasteiger partial charge is 0.107 e. The van der Waals surface area contributed by atoms with Gasteiger partial charge in [0.15, 0.2) is 0 Å². The topological polar surface area (TPSA) is 28.6 Å². The van der Waals surface area contributed by atoms with Crippen molar-refractivity contribution in [1.82, 2.24) is 9.88 Å². The van der Waals surface area contributed by atoms with E-state index in [1.54, 1.807) is 22.7 Å². The van der Waals surface area contributed by atoms with Gasteiger partial charge in [-0.15, -0.1) is 41.3 Å². The molecule has 36 heavy (non-hydrogen) atoms. The third-order valence-electron chi connectivity index (χ3n) is 6.04. The van der Waals surface area contributed by atoms with Gasteiger partial charge in [-0.25, -0.2) is 0 Å². The number of rotatable bonds is 4. The van der Waals surface area contributed by atoms with E-state index < -0.39 is 0 Å². The molecule has 0 saturated heterocycles. The van der Waals surface area contributed by atoms with Crippen LogP contribution in [0, 0.1) is 18.8 Å². The molecule has 7 heteroatoms. The van der Waals surface area contributed by atoms with E-state index in [4.69, 9.17) is 9.72 Å². The molecular formula is C29H24N3OPtS2-3. The number of thiophene rings is 2. The van der Waals surface area contributed by atoms with Crippen LogP contribution < -0.4 is 9.64 Å². The van der Waals surface area contributed by atoms with Crippen molar-refractivity contribution in [1.29, 1.82) is 0 Å². The first-order chi connectivity index (χ1) is 16.8. The molecule has 4 heterocycles. The summed E-state index contributed by atoms with van der Waals surface area (Å²) in [5.41, 5.74) is 4.29. The Morgan fingerprint density at radius 3 is 2.69 bits per heavy atom. The second kappa shape index (κ2) is 9.66. The molecule has 0 saturated carbocycles. The molecule has 0 radical (unpaired) electrons. The van der Waals surface area contributed by atoms with Crippen LogP contribution in [0.15, 0.2) is 66.4 Å². The molecule has 0 fully saturated rings. The van der Waals surface area contributed by atoms with Gasteiger partial charge in [-0.3, -0.25) is 4.98 Å². The average molecular weight is 690 g/mol. The molecule has 3 aromatic heterocycles. The van der Waals surface area contributed by atoms with Gasteiger partial charge in [0.2, 0.25) is 0 Å². The van der Waals surface area contributed by atoms with Gasteiger partial charge in [-0.1, -0.05) is 43.2 Å². The van der Waals surface area contributed by atoms with Gasteiger partial charge in [-0.05, 0) is 53.3 Å². The number of fused-ring (bicyclic) bond motifs is 3. The summed E-state index contributed by atoms with van der Waals surface area (Å²) in [6, 6.07) is 21.6. The SMILES string of the molecule is CN1C=CN(c2[c-]c(Oc3[c-]c4c(-c5cc(C(C)(C)C)ccn5)cc5sccc5c4s3)ccc2)[CH-]1.[Pt]. The minimum atomic E-state index is 0. The Kier molecular flexibility index (Phi) is 6.71. The molecule has 5 aromatic rings. The molecule has 0 aliphatic carbocycles. The summed E-state index contributed by atoms with van der Waals surface area (Å²) in [6.07, 6.45) is 5.91. The van der Waals surface area contributed by atoms with Gasteiger partial charge in [0.1, 0.15) is 5.06 Å². The van der Waals surface area contributed by atoms with E-state index in [1.807, 2.05) is 60.3 Å². The molecule has 0 amide bonds. The van der Waals surface area contributed by atoms with Crippen LogP contribution in [0.25, 0.3) is 31.4 Å². The maximum Gasteiger partial charge on any atom is 0.107 e. The number of pyridine rings is 1. The number of hydrogen-bond donors (Lipinski definition) is 0. The zero-order valence-corrected chi connectivity index (χ0v) is 24.2. The van der Waals surface area contributed by atoms with Crippen LogP contribution in [-0.2, 0) is 26.5 Å². The van der Waals surface area contributed by atoms with E-state index in [0.717, 1.165) is 27.4 Å². The Morgan fingerprint density at radius 1 is 1.06 bits per heavy atom. The Balaban J connectivity index is 0.00000267. The molecule has 186 valence electrons. The fraction of sp³-hybridized carbons (Fsp3) is 0.172. The molecule has 6 rings (SSSR count). The molecular weight excluding hydrogens is 666 g/mol. The van der Waals surface area contributed by atoms with Crippen LogP contribution in [0.1, 0.15) is 26.3 Å². The summed E-state index contributed by atoms with van der Waals surface area (Å²) in [7, 11) is 2.00. The molecule has 0 spiro atoms. The van der Waals surface area contributed by atoms with Crippen LogP contribution in [0.4, 0.5) is 5.69 Å². The molecule has 0 unspecified atom stereocenters. The van der Waals surface area contributed by atoms with E-state index in [9.17, 15) is 0 Å². The maximum absolute atomic E-state index is 6.30. The second-order valence-electron chi connectivity index (χ2n) is 9.64. The fourth-order valence-electron chi connectivity index (χ4n) is 4.16. The zero-order valence-electron chi connectivity index (χ0n) is 20.3. The minimum Gasteiger partial charge on any atom is -0.510 e. The van der Waals surface area contributed by atoms with Crippen LogP contribution in [0.2, 0.25) is 0 Å². The first-order valence-electron chi connectivity index (χ1n) is 11.4. The Morgan fingerprint density at radius 2 is 1.92 bits per heavy atom. The summed E-state index contributed by atoms with van der Waals surface area (Å²) < 4.78 is 8.71. The van der Waals surface area contributed by atoms with Gasteiger partial charge in [0.25, 0.3) is 0 Å². The Labute approximate surface area is 234 Å². The second-order valence-corrected chi connectivity index (χ2v) is 11.6.